The van der Waals surface area contributed by atoms with E-state index in [1.807, 2.05) is 0 Å². The van der Waals surface area contributed by atoms with Crippen LogP contribution in [-0.2, 0) is 14.3 Å². The van der Waals surface area contributed by atoms with Gasteiger partial charge in [-0.2, -0.15) is 11.8 Å². The summed E-state index contributed by atoms with van der Waals surface area (Å²) in [5, 5.41) is 0. The van der Waals surface area contributed by atoms with Crippen molar-refractivity contribution in [3.8, 4) is 0 Å². The van der Waals surface area contributed by atoms with E-state index in [1.54, 1.807) is 11.8 Å². The molecule has 0 rings (SSSR count). The van der Waals surface area contributed by atoms with Gasteiger partial charge in [0.1, 0.15) is 0 Å². The third-order valence-electron chi connectivity index (χ3n) is 1.53. The maximum Gasteiger partial charge on any atom is 0.305 e. The Morgan fingerprint density at radius 2 is 2.14 bits per heavy atom. The number of methoxy groups -OCH3 is 1. The lowest BCUT2D eigenvalue weighted by Gasteiger charge is -2.02. The van der Waals surface area contributed by atoms with Crippen LogP contribution in [0.15, 0.2) is 0 Å². The lowest BCUT2D eigenvalue weighted by molar-refractivity contribution is -0.140. The minimum Gasteiger partial charge on any atom is -0.469 e. The van der Waals surface area contributed by atoms with Crippen LogP contribution in [0.4, 0.5) is 0 Å². The molecular formula is C9H19NO3S. The van der Waals surface area contributed by atoms with E-state index >= 15 is 0 Å². The van der Waals surface area contributed by atoms with Gasteiger partial charge >= 0.3 is 5.97 Å². The van der Waals surface area contributed by atoms with Crippen LogP contribution in [0.1, 0.15) is 12.8 Å². The molecule has 0 aliphatic carbocycles. The highest BCUT2D eigenvalue weighted by Gasteiger charge is 1.98. The molecule has 0 saturated heterocycles. The average Bonchev–Trinajstić information content (AvgIpc) is 2.21. The zero-order chi connectivity index (χ0) is 10.6. The number of ether oxygens (including phenoxy) is 2. The fourth-order valence-corrected chi connectivity index (χ4v) is 1.61. The van der Waals surface area contributed by atoms with Crippen molar-refractivity contribution in [2.75, 3.05) is 38.4 Å². The summed E-state index contributed by atoms with van der Waals surface area (Å²) in [6.45, 7) is 1.94. The van der Waals surface area contributed by atoms with Gasteiger partial charge < -0.3 is 15.2 Å². The van der Waals surface area contributed by atoms with Gasteiger partial charge in [0.25, 0.3) is 0 Å². The Balaban J connectivity index is 2.95. The fraction of sp³-hybridized carbons (Fsp3) is 0.889. The Morgan fingerprint density at radius 1 is 1.36 bits per heavy atom. The minimum absolute atomic E-state index is 0.134. The first-order chi connectivity index (χ1) is 6.81. The molecule has 0 fully saturated rings. The Bertz CT molecular complexity index is 144. The van der Waals surface area contributed by atoms with E-state index in [2.05, 4.69) is 4.74 Å². The van der Waals surface area contributed by atoms with Gasteiger partial charge in [-0.1, -0.05) is 0 Å². The lowest BCUT2D eigenvalue weighted by atomic mass is 10.3. The zero-order valence-electron chi connectivity index (χ0n) is 8.66. The maximum atomic E-state index is 10.7. The van der Waals surface area contributed by atoms with E-state index in [9.17, 15) is 4.79 Å². The average molecular weight is 221 g/mol. The van der Waals surface area contributed by atoms with E-state index in [0.717, 1.165) is 24.5 Å². The summed E-state index contributed by atoms with van der Waals surface area (Å²) in [5.74, 6) is 1.80. The van der Waals surface area contributed by atoms with E-state index in [1.165, 1.54) is 7.11 Å². The molecule has 84 valence electrons. The van der Waals surface area contributed by atoms with Gasteiger partial charge in [0, 0.05) is 18.7 Å². The standard InChI is InChI=1S/C9H19NO3S/c1-12-9(11)3-2-7-14-8-6-13-5-4-10/h2-8,10H2,1H3. The summed E-state index contributed by atoms with van der Waals surface area (Å²) in [7, 11) is 1.41. The predicted molar refractivity (Wildman–Crippen MR) is 58.4 cm³/mol. The first-order valence-electron chi connectivity index (χ1n) is 4.73. The first kappa shape index (κ1) is 13.7. The van der Waals surface area contributed by atoms with Crippen molar-refractivity contribution < 1.29 is 14.3 Å². The number of rotatable bonds is 9. The second-order valence-electron chi connectivity index (χ2n) is 2.69. The van der Waals surface area contributed by atoms with Crippen LogP contribution in [0, 0.1) is 0 Å². The Labute approximate surface area is 89.5 Å². The SMILES string of the molecule is COC(=O)CCCSCCOCCN. The molecule has 0 aliphatic rings. The quantitative estimate of drug-likeness (QED) is 0.457. The van der Waals surface area contributed by atoms with Gasteiger partial charge in [-0.15, -0.1) is 0 Å². The van der Waals surface area contributed by atoms with E-state index in [-0.39, 0.29) is 5.97 Å². The number of hydrogen-bond acceptors (Lipinski definition) is 5. The molecule has 5 heteroatoms. The van der Waals surface area contributed by atoms with Crippen molar-refractivity contribution in [2.45, 2.75) is 12.8 Å². The van der Waals surface area contributed by atoms with Crippen molar-refractivity contribution in [1.29, 1.82) is 0 Å². The molecule has 0 aromatic heterocycles. The molecule has 0 aromatic carbocycles. The molecule has 0 aromatic rings. The van der Waals surface area contributed by atoms with Crippen molar-refractivity contribution in [1.82, 2.24) is 0 Å². The summed E-state index contributed by atoms with van der Waals surface area (Å²) in [5.41, 5.74) is 5.26. The van der Waals surface area contributed by atoms with Crippen molar-refractivity contribution in [3.05, 3.63) is 0 Å². The van der Waals surface area contributed by atoms with Crippen molar-refractivity contribution in [3.63, 3.8) is 0 Å². The molecule has 4 nitrogen and oxygen atoms in total. The molecular weight excluding hydrogens is 202 g/mol. The summed E-state index contributed by atoms with van der Waals surface area (Å²) < 4.78 is 9.72. The zero-order valence-corrected chi connectivity index (χ0v) is 9.48. The van der Waals surface area contributed by atoms with Crippen LogP contribution in [0.2, 0.25) is 0 Å². The number of carbonyl (C=O) groups excluding carboxylic acids is 1. The number of carbonyl (C=O) groups is 1. The van der Waals surface area contributed by atoms with E-state index in [0.29, 0.717) is 19.6 Å². The minimum atomic E-state index is -0.134. The van der Waals surface area contributed by atoms with Gasteiger partial charge in [0.2, 0.25) is 0 Å². The number of hydrogen-bond donors (Lipinski definition) is 1. The second kappa shape index (κ2) is 10.8. The predicted octanol–water partition coefficient (Wildman–Crippen LogP) is 0.648. The summed E-state index contributed by atoms with van der Waals surface area (Å²) in [4.78, 5) is 10.7. The van der Waals surface area contributed by atoms with Crippen molar-refractivity contribution >= 4 is 17.7 Å². The Morgan fingerprint density at radius 3 is 2.79 bits per heavy atom. The molecule has 2 N–H and O–H groups in total. The van der Waals surface area contributed by atoms with Crippen LogP contribution in [0.3, 0.4) is 0 Å². The van der Waals surface area contributed by atoms with E-state index in [4.69, 9.17) is 10.5 Å². The molecule has 0 saturated carbocycles. The Kier molecular flexibility index (Phi) is 10.6. The second-order valence-corrected chi connectivity index (χ2v) is 3.92. The lowest BCUT2D eigenvalue weighted by Crippen LogP contribution is -2.10. The molecule has 0 spiro atoms. The van der Waals surface area contributed by atoms with E-state index < -0.39 is 0 Å². The molecule has 0 amide bonds. The van der Waals surface area contributed by atoms with Crippen LogP contribution >= 0.6 is 11.8 Å². The van der Waals surface area contributed by atoms with Crippen LogP contribution in [-0.4, -0.2) is 44.3 Å². The molecule has 0 aliphatic heterocycles. The van der Waals surface area contributed by atoms with Crippen molar-refractivity contribution in [2.24, 2.45) is 5.73 Å². The van der Waals surface area contributed by atoms with Crippen LogP contribution in [0.25, 0.3) is 0 Å². The molecule has 0 radical (unpaired) electrons. The molecule has 0 heterocycles. The van der Waals surface area contributed by atoms with Gasteiger partial charge in [-0.25, -0.2) is 0 Å². The number of esters is 1. The third-order valence-corrected chi connectivity index (χ3v) is 2.56. The van der Waals surface area contributed by atoms with Gasteiger partial charge in [-0.3, -0.25) is 4.79 Å². The van der Waals surface area contributed by atoms with Crippen LogP contribution in [0.5, 0.6) is 0 Å². The summed E-state index contributed by atoms with van der Waals surface area (Å²) >= 11 is 1.78. The topological polar surface area (TPSA) is 61.5 Å². The maximum absolute atomic E-state index is 10.7. The largest absolute Gasteiger partial charge is 0.469 e. The summed E-state index contributed by atoms with van der Waals surface area (Å²) in [6.07, 6.45) is 1.38. The van der Waals surface area contributed by atoms with Crippen LogP contribution < -0.4 is 5.73 Å². The smallest absolute Gasteiger partial charge is 0.305 e. The number of thioether (sulfide) groups is 1. The first-order valence-corrected chi connectivity index (χ1v) is 5.89. The molecule has 0 atom stereocenters. The van der Waals surface area contributed by atoms with Gasteiger partial charge in [0.05, 0.1) is 20.3 Å². The summed E-state index contributed by atoms with van der Waals surface area (Å²) in [6, 6.07) is 0. The Hall–Kier alpha value is -0.260. The highest BCUT2D eigenvalue weighted by molar-refractivity contribution is 7.99. The highest BCUT2D eigenvalue weighted by atomic mass is 32.2. The highest BCUT2D eigenvalue weighted by Crippen LogP contribution is 2.04. The van der Waals surface area contributed by atoms with Gasteiger partial charge in [-0.05, 0) is 12.2 Å². The normalized spacial score (nSPS) is 10.1. The fourth-order valence-electron chi connectivity index (χ4n) is 0.826. The monoisotopic (exact) mass is 221 g/mol. The van der Waals surface area contributed by atoms with Gasteiger partial charge in [0.15, 0.2) is 0 Å². The molecule has 14 heavy (non-hydrogen) atoms. The molecule has 0 bridgehead atoms. The number of nitrogens with two attached hydrogens (primary N) is 1. The third kappa shape index (κ3) is 9.83. The molecule has 0 unspecified atom stereocenters.